The van der Waals surface area contributed by atoms with Crippen LogP contribution in [0.15, 0.2) is 24.3 Å². The smallest absolute Gasteiger partial charge is 0.240 e. The lowest BCUT2D eigenvalue weighted by atomic mass is 9.81. The number of benzene rings is 1. The number of aromatic nitrogens is 2. The summed E-state index contributed by atoms with van der Waals surface area (Å²) in [4.78, 5) is 45.8. The van der Waals surface area contributed by atoms with Gasteiger partial charge in [0.15, 0.2) is 0 Å². The number of hydrogen-bond donors (Lipinski definition) is 2. The molecule has 0 radical (unpaired) electrons. The number of imidazole rings is 1. The number of likely N-dealkylation sites (tertiary alicyclic amines) is 1. The Morgan fingerprint density at radius 2 is 1.85 bits per heavy atom. The normalized spacial score (nSPS) is 22.7. The van der Waals surface area contributed by atoms with Gasteiger partial charge in [-0.15, -0.1) is 0 Å². The number of para-hydroxylation sites is 2. The number of nitrogens with zero attached hydrogens (tertiary/aromatic N) is 2. The highest BCUT2D eigenvalue weighted by molar-refractivity contribution is 6.07. The Labute approximate surface area is 151 Å². The van der Waals surface area contributed by atoms with E-state index >= 15 is 0 Å². The summed E-state index contributed by atoms with van der Waals surface area (Å²) in [5.74, 6) is -0.272. The molecule has 1 saturated heterocycles. The lowest BCUT2D eigenvalue weighted by molar-refractivity contribution is -0.143. The summed E-state index contributed by atoms with van der Waals surface area (Å²) >= 11 is 0. The number of fused-ring (bicyclic) bond motifs is 2. The van der Waals surface area contributed by atoms with Crippen LogP contribution in [0, 0.1) is 11.8 Å². The monoisotopic (exact) mass is 354 g/mol. The maximum Gasteiger partial charge on any atom is 0.240 e. The van der Waals surface area contributed by atoms with Crippen molar-refractivity contribution in [1.82, 2.24) is 20.2 Å². The summed E-state index contributed by atoms with van der Waals surface area (Å²) in [5.41, 5.74) is 1.86. The number of carbonyl (C=O) groups excluding carboxylic acids is 3. The molecule has 3 amide bonds. The first-order valence-corrected chi connectivity index (χ1v) is 9.19. The molecule has 1 aromatic carbocycles. The van der Waals surface area contributed by atoms with Gasteiger partial charge in [0.05, 0.1) is 22.9 Å². The Morgan fingerprint density at radius 3 is 2.54 bits per heavy atom. The van der Waals surface area contributed by atoms with E-state index in [4.69, 9.17) is 0 Å². The second-order valence-electron chi connectivity index (χ2n) is 7.06. The molecule has 2 atom stereocenters. The van der Waals surface area contributed by atoms with Crippen LogP contribution in [0.2, 0.25) is 0 Å². The zero-order chi connectivity index (χ0) is 18.1. The fourth-order valence-corrected chi connectivity index (χ4v) is 4.03. The molecule has 7 heteroatoms. The van der Waals surface area contributed by atoms with Gasteiger partial charge in [-0.3, -0.25) is 19.3 Å². The third-order valence-corrected chi connectivity index (χ3v) is 5.36. The van der Waals surface area contributed by atoms with Crippen LogP contribution in [0.4, 0.5) is 0 Å². The quantitative estimate of drug-likeness (QED) is 0.794. The van der Waals surface area contributed by atoms with Crippen LogP contribution < -0.4 is 5.32 Å². The third kappa shape index (κ3) is 3.09. The van der Waals surface area contributed by atoms with E-state index in [9.17, 15) is 14.4 Å². The average molecular weight is 354 g/mol. The van der Waals surface area contributed by atoms with Crippen LogP contribution in [0.3, 0.4) is 0 Å². The molecule has 1 aliphatic carbocycles. The molecule has 2 unspecified atom stereocenters. The van der Waals surface area contributed by atoms with Gasteiger partial charge in [-0.2, -0.15) is 0 Å². The molecule has 2 aliphatic rings. The van der Waals surface area contributed by atoms with Crippen molar-refractivity contribution in [2.75, 3.05) is 13.1 Å². The van der Waals surface area contributed by atoms with Gasteiger partial charge in [-0.05, 0) is 25.0 Å². The van der Waals surface area contributed by atoms with Gasteiger partial charge in [0.1, 0.15) is 12.4 Å². The topological polar surface area (TPSA) is 95.2 Å². The van der Waals surface area contributed by atoms with Crippen molar-refractivity contribution in [2.45, 2.75) is 32.1 Å². The number of aromatic amines is 1. The van der Waals surface area contributed by atoms with Crippen molar-refractivity contribution in [3.8, 4) is 0 Å². The number of carbonyl (C=O) groups is 3. The number of rotatable bonds is 5. The van der Waals surface area contributed by atoms with Crippen molar-refractivity contribution in [1.29, 1.82) is 0 Å². The van der Waals surface area contributed by atoms with Crippen LogP contribution in [-0.4, -0.2) is 45.7 Å². The van der Waals surface area contributed by atoms with E-state index < -0.39 is 0 Å². The average Bonchev–Trinajstić information content (AvgIpc) is 3.16. The molecule has 2 aromatic rings. The zero-order valence-corrected chi connectivity index (χ0v) is 14.5. The molecular weight excluding hydrogens is 332 g/mol. The Morgan fingerprint density at radius 1 is 1.15 bits per heavy atom. The molecule has 1 saturated carbocycles. The number of imide groups is 1. The van der Waals surface area contributed by atoms with Crippen molar-refractivity contribution in [2.24, 2.45) is 11.8 Å². The second-order valence-corrected chi connectivity index (χ2v) is 7.06. The highest BCUT2D eigenvalue weighted by Gasteiger charge is 2.48. The van der Waals surface area contributed by atoms with Gasteiger partial charge in [-0.1, -0.05) is 25.0 Å². The first kappa shape index (κ1) is 16.8. The van der Waals surface area contributed by atoms with E-state index in [2.05, 4.69) is 15.3 Å². The summed E-state index contributed by atoms with van der Waals surface area (Å²) in [6, 6.07) is 7.75. The molecule has 0 spiro atoms. The van der Waals surface area contributed by atoms with E-state index in [1.165, 1.54) is 0 Å². The highest BCUT2D eigenvalue weighted by atomic mass is 16.2. The molecule has 2 heterocycles. The van der Waals surface area contributed by atoms with Gasteiger partial charge in [0, 0.05) is 13.0 Å². The standard InChI is InChI=1S/C19H22N4O3/c24-17(11-23-18(25)12-5-1-2-6-13(12)19(23)26)20-10-9-16-21-14-7-3-4-8-15(14)22-16/h3-4,7-8,12-13H,1-2,5-6,9-11H2,(H,20,24)(H,21,22). The molecule has 1 aliphatic heterocycles. The maximum atomic E-state index is 12.4. The Kier molecular flexibility index (Phi) is 4.44. The zero-order valence-electron chi connectivity index (χ0n) is 14.5. The summed E-state index contributed by atoms with van der Waals surface area (Å²) in [7, 11) is 0. The van der Waals surface area contributed by atoms with E-state index in [0.717, 1.165) is 47.4 Å². The van der Waals surface area contributed by atoms with Crippen molar-refractivity contribution in [3.05, 3.63) is 30.1 Å². The van der Waals surface area contributed by atoms with Crippen LogP contribution in [-0.2, 0) is 20.8 Å². The minimum absolute atomic E-state index is 0.174. The highest BCUT2D eigenvalue weighted by Crippen LogP contribution is 2.37. The predicted octanol–water partition coefficient (Wildman–Crippen LogP) is 1.40. The SMILES string of the molecule is O=C(CN1C(=O)C2CCCCC2C1=O)NCCc1nc2ccccc2[nH]1. The summed E-state index contributed by atoms with van der Waals surface area (Å²) < 4.78 is 0. The van der Waals surface area contributed by atoms with Gasteiger partial charge in [-0.25, -0.2) is 4.98 Å². The van der Waals surface area contributed by atoms with E-state index in [1.54, 1.807) is 0 Å². The lowest BCUT2D eigenvalue weighted by Gasteiger charge is -2.19. The minimum atomic E-state index is -0.304. The Balaban J connectivity index is 1.30. The summed E-state index contributed by atoms with van der Waals surface area (Å²) in [5, 5.41) is 2.78. The summed E-state index contributed by atoms with van der Waals surface area (Å²) in [6.07, 6.45) is 4.06. The van der Waals surface area contributed by atoms with Crippen LogP contribution in [0.5, 0.6) is 0 Å². The molecule has 2 fully saturated rings. The van der Waals surface area contributed by atoms with Gasteiger partial charge in [0.25, 0.3) is 0 Å². The lowest BCUT2D eigenvalue weighted by Crippen LogP contribution is -2.41. The molecule has 1 aromatic heterocycles. The summed E-state index contributed by atoms with van der Waals surface area (Å²) in [6.45, 7) is 0.229. The largest absolute Gasteiger partial charge is 0.354 e. The molecule has 4 rings (SSSR count). The number of hydrogen-bond acceptors (Lipinski definition) is 4. The van der Waals surface area contributed by atoms with E-state index in [1.807, 2.05) is 24.3 Å². The Bertz CT molecular complexity index is 802. The molecule has 2 N–H and O–H groups in total. The Hall–Kier alpha value is -2.70. The van der Waals surface area contributed by atoms with Crippen molar-refractivity contribution < 1.29 is 14.4 Å². The van der Waals surface area contributed by atoms with E-state index in [0.29, 0.717) is 13.0 Å². The predicted molar refractivity (Wildman–Crippen MR) is 95.0 cm³/mol. The molecule has 7 nitrogen and oxygen atoms in total. The maximum absolute atomic E-state index is 12.4. The molecular formula is C19H22N4O3. The van der Waals surface area contributed by atoms with Gasteiger partial charge < -0.3 is 10.3 Å². The fraction of sp³-hybridized carbons (Fsp3) is 0.474. The number of H-pyrrole nitrogens is 1. The van der Waals surface area contributed by atoms with Crippen molar-refractivity contribution >= 4 is 28.8 Å². The molecule has 136 valence electrons. The number of amides is 3. The van der Waals surface area contributed by atoms with Crippen LogP contribution in [0.25, 0.3) is 11.0 Å². The third-order valence-electron chi connectivity index (χ3n) is 5.36. The van der Waals surface area contributed by atoms with Gasteiger partial charge in [0.2, 0.25) is 17.7 Å². The second kappa shape index (κ2) is 6.90. The molecule has 0 bridgehead atoms. The van der Waals surface area contributed by atoms with Crippen LogP contribution >= 0.6 is 0 Å². The van der Waals surface area contributed by atoms with E-state index in [-0.39, 0.29) is 36.1 Å². The van der Waals surface area contributed by atoms with Gasteiger partial charge >= 0.3 is 0 Å². The number of nitrogens with one attached hydrogen (secondary N) is 2. The van der Waals surface area contributed by atoms with Crippen LogP contribution in [0.1, 0.15) is 31.5 Å². The minimum Gasteiger partial charge on any atom is -0.354 e. The molecule has 26 heavy (non-hydrogen) atoms. The first-order valence-electron chi connectivity index (χ1n) is 9.19. The van der Waals surface area contributed by atoms with Crippen molar-refractivity contribution in [3.63, 3.8) is 0 Å². The fourth-order valence-electron chi connectivity index (χ4n) is 4.03. The first-order chi connectivity index (χ1) is 12.6.